The van der Waals surface area contributed by atoms with Crippen LogP contribution >= 0.6 is 11.3 Å². The number of thiazole rings is 1. The number of aromatic nitrogens is 3. The fourth-order valence-corrected chi connectivity index (χ4v) is 4.85. The average molecular weight is 471 g/mol. The Hall–Kier alpha value is -3.47. The van der Waals surface area contributed by atoms with E-state index in [-0.39, 0.29) is 29.8 Å². The van der Waals surface area contributed by atoms with Crippen molar-refractivity contribution in [2.75, 3.05) is 32.1 Å². The van der Waals surface area contributed by atoms with Crippen molar-refractivity contribution >= 4 is 38.6 Å². The predicted molar refractivity (Wildman–Crippen MR) is 126 cm³/mol. The number of nitrogens with one attached hydrogen (secondary N) is 2. The van der Waals surface area contributed by atoms with Crippen molar-refractivity contribution in [1.29, 1.82) is 0 Å². The molecule has 0 spiro atoms. The van der Waals surface area contributed by atoms with E-state index < -0.39 is 0 Å². The second-order valence-electron chi connectivity index (χ2n) is 7.85. The standard InChI is InChI=1S/C22H26N6O4S/c1-23-20(30)15-6-4-8-27(11-15)22-26-19-18(33-22)21(31)28(13-25-19)12-17(29)24-10-14-5-3-7-16(9-14)32-2/h3,5,7,9,13,15H,4,6,8,10-12H2,1-2H3,(H,23,30)(H,24,29)/t15-/m0/s1. The number of ether oxygens (including phenoxy) is 1. The summed E-state index contributed by atoms with van der Waals surface area (Å²) in [6.45, 7) is 1.52. The van der Waals surface area contributed by atoms with Crippen molar-refractivity contribution in [3.05, 3.63) is 46.5 Å². The molecule has 1 fully saturated rings. The number of fused-ring (bicyclic) bond motifs is 1. The molecule has 0 radical (unpaired) electrons. The highest BCUT2D eigenvalue weighted by Gasteiger charge is 2.27. The molecule has 2 N–H and O–H groups in total. The maximum Gasteiger partial charge on any atom is 0.273 e. The smallest absolute Gasteiger partial charge is 0.273 e. The Kier molecular flexibility index (Phi) is 6.87. The highest BCUT2D eigenvalue weighted by Crippen LogP contribution is 2.29. The topological polar surface area (TPSA) is 118 Å². The third-order valence-corrected chi connectivity index (χ3v) is 6.71. The summed E-state index contributed by atoms with van der Waals surface area (Å²) in [4.78, 5) is 48.2. The van der Waals surface area contributed by atoms with E-state index in [9.17, 15) is 14.4 Å². The van der Waals surface area contributed by atoms with E-state index in [2.05, 4.69) is 20.6 Å². The summed E-state index contributed by atoms with van der Waals surface area (Å²) in [5, 5.41) is 6.18. The monoisotopic (exact) mass is 470 g/mol. The van der Waals surface area contributed by atoms with Crippen LogP contribution in [0.5, 0.6) is 5.75 Å². The summed E-state index contributed by atoms with van der Waals surface area (Å²) in [6, 6.07) is 7.41. The van der Waals surface area contributed by atoms with Crippen LogP contribution in [0.3, 0.4) is 0 Å². The third kappa shape index (κ3) is 5.14. The normalized spacial score (nSPS) is 15.9. The van der Waals surface area contributed by atoms with Gasteiger partial charge in [-0.2, -0.15) is 4.98 Å². The van der Waals surface area contributed by atoms with Crippen LogP contribution in [0.4, 0.5) is 5.13 Å². The van der Waals surface area contributed by atoms with Crippen molar-refractivity contribution in [1.82, 2.24) is 25.2 Å². The molecule has 2 aromatic heterocycles. The Bertz CT molecular complexity index is 1220. The molecule has 0 saturated carbocycles. The van der Waals surface area contributed by atoms with Gasteiger partial charge in [-0.25, -0.2) is 4.98 Å². The first-order valence-corrected chi connectivity index (χ1v) is 11.5. The SMILES string of the molecule is CNC(=O)[C@H]1CCCN(c2nc3ncn(CC(=O)NCc4cccc(OC)c4)c(=O)c3s2)C1. The van der Waals surface area contributed by atoms with Gasteiger partial charge in [-0.3, -0.25) is 19.0 Å². The number of anilines is 1. The number of hydrogen-bond donors (Lipinski definition) is 2. The Labute approximate surface area is 194 Å². The first kappa shape index (κ1) is 22.7. The molecular weight excluding hydrogens is 444 g/mol. The van der Waals surface area contributed by atoms with E-state index in [0.717, 1.165) is 24.9 Å². The van der Waals surface area contributed by atoms with Gasteiger partial charge < -0.3 is 20.3 Å². The highest BCUT2D eigenvalue weighted by atomic mass is 32.1. The summed E-state index contributed by atoms with van der Waals surface area (Å²) in [6.07, 6.45) is 3.05. The Morgan fingerprint density at radius 3 is 2.97 bits per heavy atom. The zero-order chi connectivity index (χ0) is 23.4. The second-order valence-corrected chi connectivity index (χ2v) is 8.83. The van der Waals surface area contributed by atoms with Crippen LogP contribution in [0.1, 0.15) is 18.4 Å². The largest absolute Gasteiger partial charge is 0.497 e. The minimum absolute atomic E-state index is 0.0150. The van der Waals surface area contributed by atoms with Crippen molar-refractivity contribution in [2.45, 2.75) is 25.9 Å². The molecule has 2 amide bonds. The molecule has 3 aromatic rings. The van der Waals surface area contributed by atoms with Gasteiger partial charge in [-0.05, 0) is 30.5 Å². The Balaban J connectivity index is 1.45. The van der Waals surface area contributed by atoms with Gasteiger partial charge in [-0.15, -0.1) is 0 Å². The van der Waals surface area contributed by atoms with Gasteiger partial charge in [0.2, 0.25) is 11.8 Å². The zero-order valence-electron chi connectivity index (χ0n) is 18.5. The quantitative estimate of drug-likeness (QED) is 0.532. The minimum Gasteiger partial charge on any atom is -0.497 e. The summed E-state index contributed by atoms with van der Waals surface area (Å²) in [5.41, 5.74) is 0.947. The van der Waals surface area contributed by atoms with Crippen molar-refractivity contribution in [2.24, 2.45) is 5.92 Å². The molecule has 0 aliphatic carbocycles. The number of methoxy groups -OCH3 is 1. The first-order valence-electron chi connectivity index (χ1n) is 10.7. The van der Waals surface area contributed by atoms with Crippen molar-refractivity contribution in [3.63, 3.8) is 0 Å². The lowest BCUT2D eigenvalue weighted by molar-refractivity contribution is -0.124. The Morgan fingerprint density at radius 1 is 1.33 bits per heavy atom. The van der Waals surface area contributed by atoms with E-state index >= 15 is 0 Å². The van der Waals surface area contributed by atoms with Gasteiger partial charge in [0.25, 0.3) is 5.56 Å². The summed E-state index contributed by atoms with van der Waals surface area (Å²) in [7, 11) is 3.22. The van der Waals surface area contributed by atoms with Crippen LogP contribution < -0.4 is 25.8 Å². The van der Waals surface area contributed by atoms with Crippen LogP contribution in [0, 0.1) is 5.92 Å². The van der Waals surface area contributed by atoms with Gasteiger partial charge in [-0.1, -0.05) is 23.5 Å². The van der Waals surface area contributed by atoms with Gasteiger partial charge in [0, 0.05) is 26.7 Å². The fourth-order valence-electron chi connectivity index (χ4n) is 3.85. The number of rotatable bonds is 7. The van der Waals surface area contributed by atoms with Gasteiger partial charge >= 0.3 is 0 Å². The lowest BCUT2D eigenvalue weighted by atomic mass is 9.98. The highest BCUT2D eigenvalue weighted by molar-refractivity contribution is 7.22. The minimum atomic E-state index is -0.305. The molecule has 33 heavy (non-hydrogen) atoms. The fraction of sp³-hybridized carbons (Fsp3) is 0.409. The number of nitrogens with zero attached hydrogens (tertiary/aromatic N) is 4. The van der Waals surface area contributed by atoms with Gasteiger partial charge in [0.15, 0.2) is 10.8 Å². The van der Waals surface area contributed by atoms with E-state index in [1.54, 1.807) is 14.2 Å². The van der Waals surface area contributed by atoms with Gasteiger partial charge in [0.1, 0.15) is 23.3 Å². The number of hydrogen-bond acceptors (Lipinski definition) is 8. The first-order chi connectivity index (χ1) is 16.0. The molecule has 0 bridgehead atoms. The van der Waals surface area contributed by atoms with Crippen LogP contribution in [0.15, 0.2) is 35.4 Å². The van der Waals surface area contributed by atoms with Crippen LogP contribution in [-0.4, -0.2) is 53.6 Å². The summed E-state index contributed by atoms with van der Waals surface area (Å²) >= 11 is 1.25. The Morgan fingerprint density at radius 2 is 2.18 bits per heavy atom. The van der Waals surface area contributed by atoms with Crippen LogP contribution in [0.2, 0.25) is 0 Å². The molecule has 1 atom stereocenters. The molecule has 11 heteroatoms. The van der Waals surface area contributed by atoms with E-state index in [0.29, 0.717) is 34.3 Å². The molecular formula is C22H26N6O4S. The molecule has 0 unspecified atom stereocenters. The third-order valence-electron chi connectivity index (χ3n) is 5.62. The number of carbonyl (C=O) groups is 2. The van der Waals surface area contributed by atoms with Crippen LogP contribution in [0.25, 0.3) is 10.3 Å². The number of amides is 2. The maximum atomic E-state index is 13.0. The lowest BCUT2D eigenvalue weighted by Crippen LogP contribution is -2.42. The van der Waals surface area contributed by atoms with E-state index in [4.69, 9.17) is 4.74 Å². The molecule has 1 saturated heterocycles. The zero-order valence-corrected chi connectivity index (χ0v) is 19.4. The average Bonchev–Trinajstić information content (AvgIpc) is 3.29. The summed E-state index contributed by atoms with van der Waals surface area (Å²) < 4.78 is 6.87. The number of benzene rings is 1. The number of piperidine rings is 1. The maximum absolute atomic E-state index is 13.0. The predicted octanol–water partition coefficient (Wildman–Crippen LogP) is 1.14. The lowest BCUT2D eigenvalue weighted by Gasteiger charge is -2.31. The van der Waals surface area contributed by atoms with Crippen LogP contribution in [-0.2, 0) is 22.7 Å². The van der Waals surface area contributed by atoms with E-state index in [1.165, 1.54) is 22.2 Å². The summed E-state index contributed by atoms with van der Waals surface area (Å²) in [5.74, 6) is 0.328. The van der Waals surface area contributed by atoms with Gasteiger partial charge in [0.05, 0.1) is 13.0 Å². The molecule has 1 aliphatic heterocycles. The molecule has 174 valence electrons. The second kappa shape index (κ2) is 9.99. The molecule has 1 aromatic carbocycles. The molecule has 1 aliphatic rings. The van der Waals surface area contributed by atoms with E-state index in [1.807, 2.05) is 29.2 Å². The molecule has 3 heterocycles. The van der Waals surface area contributed by atoms with Crippen molar-refractivity contribution in [3.8, 4) is 5.75 Å². The molecule has 4 rings (SSSR count). The molecule has 10 nitrogen and oxygen atoms in total. The van der Waals surface area contributed by atoms with Crippen molar-refractivity contribution < 1.29 is 14.3 Å². The number of carbonyl (C=O) groups excluding carboxylic acids is 2.